The fraction of sp³-hybridized carbons (Fsp3) is 0.438. The Hall–Kier alpha value is -0.870. The first-order chi connectivity index (χ1) is 9.61. The number of ether oxygens (including phenoxy) is 1. The van der Waals surface area contributed by atoms with Gasteiger partial charge in [-0.3, -0.25) is 0 Å². The van der Waals surface area contributed by atoms with Crippen molar-refractivity contribution >= 4 is 27.3 Å². The highest BCUT2D eigenvalue weighted by atomic mass is 79.9. The summed E-state index contributed by atoms with van der Waals surface area (Å²) in [5, 5.41) is 0. The highest BCUT2D eigenvalue weighted by Crippen LogP contribution is 2.34. The van der Waals surface area contributed by atoms with Gasteiger partial charge in [0, 0.05) is 10.4 Å². The molecule has 2 nitrogen and oxygen atoms in total. The maximum Gasteiger partial charge on any atom is 0.160 e. The van der Waals surface area contributed by atoms with Gasteiger partial charge in [0.05, 0.1) is 11.8 Å². The molecule has 0 saturated heterocycles. The molecule has 0 N–H and O–H groups in total. The van der Waals surface area contributed by atoms with Gasteiger partial charge in [-0.15, -0.1) is 11.3 Å². The fourth-order valence-corrected chi connectivity index (χ4v) is 3.91. The highest BCUT2D eigenvalue weighted by Gasteiger charge is 2.23. The van der Waals surface area contributed by atoms with Crippen LogP contribution in [0.3, 0.4) is 0 Å². The summed E-state index contributed by atoms with van der Waals surface area (Å²) in [7, 11) is 0. The van der Waals surface area contributed by atoms with Gasteiger partial charge in [-0.25, -0.2) is 4.98 Å². The molecule has 3 rings (SSSR count). The summed E-state index contributed by atoms with van der Waals surface area (Å²) in [6.07, 6.45) is 3.91. The van der Waals surface area contributed by atoms with Crippen molar-refractivity contribution in [1.82, 2.24) is 4.98 Å². The molecule has 1 aliphatic rings. The van der Waals surface area contributed by atoms with Crippen LogP contribution in [-0.4, -0.2) is 11.1 Å². The van der Waals surface area contributed by atoms with E-state index in [2.05, 4.69) is 59.0 Å². The Kier molecular flexibility index (Phi) is 4.13. The zero-order chi connectivity index (χ0) is 14.1. The molecular formula is C16H18BrNOS. The van der Waals surface area contributed by atoms with Crippen molar-refractivity contribution in [3.05, 3.63) is 33.1 Å². The van der Waals surface area contributed by atoms with Crippen LogP contribution in [0.2, 0.25) is 0 Å². The molecule has 106 valence electrons. The lowest BCUT2D eigenvalue weighted by molar-refractivity contribution is 0.303. The van der Waals surface area contributed by atoms with E-state index >= 15 is 0 Å². The number of aromatic nitrogens is 1. The predicted molar refractivity (Wildman–Crippen MR) is 87.4 cm³/mol. The first-order valence-corrected chi connectivity index (χ1v) is 8.65. The van der Waals surface area contributed by atoms with Gasteiger partial charge in [0.25, 0.3) is 0 Å². The highest BCUT2D eigenvalue weighted by molar-refractivity contribution is 9.11. The minimum atomic E-state index is 0.450. The Labute approximate surface area is 132 Å². The maximum absolute atomic E-state index is 5.79. The van der Waals surface area contributed by atoms with Crippen LogP contribution in [0.25, 0.3) is 11.3 Å². The SMILES string of the molecule is CC(C)Cc1sc(Br)nc1-c1ccc(OC2CC2)cc1. The van der Waals surface area contributed by atoms with Gasteiger partial charge in [-0.1, -0.05) is 13.8 Å². The smallest absolute Gasteiger partial charge is 0.160 e. The van der Waals surface area contributed by atoms with Gasteiger partial charge in [0.2, 0.25) is 0 Å². The van der Waals surface area contributed by atoms with E-state index in [4.69, 9.17) is 4.74 Å². The molecular weight excluding hydrogens is 334 g/mol. The van der Waals surface area contributed by atoms with Crippen LogP contribution >= 0.6 is 27.3 Å². The Balaban J connectivity index is 1.83. The van der Waals surface area contributed by atoms with Crippen LogP contribution < -0.4 is 4.74 Å². The molecule has 2 aromatic rings. The van der Waals surface area contributed by atoms with Crippen LogP contribution in [0, 0.1) is 5.92 Å². The fourth-order valence-electron chi connectivity index (χ4n) is 2.13. The van der Waals surface area contributed by atoms with Gasteiger partial charge in [0.15, 0.2) is 3.92 Å². The van der Waals surface area contributed by atoms with Gasteiger partial charge in [-0.2, -0.15) is 0 Å². The second-order valence-electron chi connectivity index (χ2n) is 5.68. The summed E-state index contributed by atoms with van der Waals surface area (Å²) in [4.78, 5) is 5.98. The summed E-state index contributed by atoms with van der Waals surface area (Å²) in [5.74, 6) is 1.61. The molecule has 4 heteroatoms. The Bertz CT molecular complexity index is 587. The Morgan fingerprint density at radius 2 is 2.00 bits per heavy atom. The molecule has 1 aliphatic carbocycles. The summed E-state index contributed by atoms with van der Waals surface area (Å²) in [6.45, 7) is 4.48. The van der Waals surface area contributed by atoms with E-state index in [1.54, 1.807) is 11.3 Å². The lowest BCUT2D eigenvalue weighted by atomic mass is 10.0. The van der Waals surface area contributed by atoms with E-state index < -0.39 is 0 Å². The zero-order valence-corrected chi connectivity index (χ0v) is 14.1. The molecule has 0 radical (unpaired) electrons. The van der Waals surface area contributed by atoms with E-state index in [0.29, 0.717) is 12.0 Å². The average molecular weight is 352 g/mol. The predicted octanol–water partition coefficient (Wildman–Crippen LogP) is 5.31. The van der Waals surface area contributed by atoms with Crippen LogP contribution in [0.4, 0.5) is 0 Å². The first kappa shape index (κ1) is 14.1. The molecule has 1 fully saturated rings. The van der Waals surface area contributed by atoms with Crippen molar-refractivity contribution in [2.75, 3.05) is 0 Å². The molecule has 0 unspecified atom stereocenters. The quantitative estimate of drug-likeness (QED) is 0.727. The number of hydrogen-bond donors (Lipinski definition) is 0. The van der Waals surface area contributed by atoms with Crippen molar-refractivity contribution in [2.24, 2.45) is 5.92 Å². The van der Waals surface area contributed by atoms with Crippen molar-refractivity contribution in [2.45, 2.75) is 39.2 Å². The van der Waals surface area contributed by atoms with E-state index in [9.17, 15) is 0 Å². The summed E-state index contributed by atoms with van der Waals surface area (Å²) >= 11 is 5.25. The minimum absolute atomic E-state index is 0.450. The van der Waals surface area contributed by atoms with Crippen LogP contribution in [-0.2, 0) is 6.42 Å². The standard InChI is InChI=1S/C16H18BrNOS/c1-10(2)9-14-15(18-16(17)20-14)11-3-5-12(6-4-11)19-13-7-8-13/h3-6,10,13H,7-9H2,1-2H3. The minimum Gasteiger partial charge on any atom is -0.490 e. The third-order valence-corrected chi connectivity index (χ3v) is 4.75. The van der Waals surface area contributed by atoms with Crippen molar-refractivity contribution < 1.29 is 4.74 Å². The van der Waals surface area contributed by atoms with Gasteiger partial charge in [-0.05, 0) is 65.4 Å². The van der Waals surface area contributed by atoms with Crippen molar-refractivity contribution in [1.29, 1.82) is 0 Å². The van der Waals surface area contributed by atoms with Crippen molar-refractivity contribution in [3.8, 4) is 17.0 Å². The molecule has 0 spiro atoms. The molecule has 0 amide bonds. The molecule has 0 aliphatic heterocycles. The number of rotatable bonds is 5. The summed E-state index contributed by atoms with van der Waals surface area (Å²) in [5.41, 5.74) is 2.28. The topological polar surface area (TPSA) is 22.1 Å². The van der Waals surface area contributed by atoms with Gasteiger partial charge < -0.3 is 4.74 Å². The van der Waals surface area contributed by atoms with Crippen molar-refractivity contribution in [3.63, 3.8) is 0 Å². The molecule has 1 saturated carbocycles. The molecule has 0 bridgehead atoms. The van der Waals surface area contributed by atoms with E-state index in [1.807, 2.05) is 0 Å². The second-order valence-corrected chi connectivity index (χ2v) is 8.04. The second kappa shape index (κ2) is 5.86. The first-order valence-electron chi connectivity index (χ1n) is 7.04. The average Bonchev–Trinajstić information content (AvgIpc) is 3.13. The third kappa shape index (κ3) is 3.41. The van der Waals surface area contributed by atoms with Crippen LogP contribution in [0.15, 0.2) is 28.2 Å². The number of halogens is 1. The Morgan fingerprint density at radius 1 is 1.30 bits per heavy atom. The van der Waals surface area contributed by atoms with Crippen LogP contribution in [0.1, 0.15) is 31.6 Å². The molecule has 20 heavy (non-hydrogen) atoms. The van der Waals surface area contributed by atoms with E-state index in [0.717, 1.165) is 21.8 Å². The van der Waals surface area contributed by atoms with Gasteiger partial charge in [0.1, 0.15) is 5.75 Å². The normalized spacial score (nSPS) is 14.8. The number of nitrogens with zero attached hydrogens (tertiary/aromatic N) is 1. The monoisotopic (exact) mass is 351 g/mol. The van der Waals surface area contributed by atoms with Crippen LogP contribution in [0.5, 0.6) is 5.75 Å². The molecule has 1 aromatic heterocycles. The van der Waals surface area contributed by atoms with E-state index in [-0.39, 0.29) is 0 Å². The van der Waals surface area contributed by atoms with Gasteiger partial charge >= 0.3 is 0 Å². The lowest BCUT2D eigenvalue weighted by Gasteiger charge is -2.07. The van der Waals surface area contributed by atoms with E-state index in [1.165, 1.54) is 23.3 Å². The summed E-state index contributed by atoms with van der Waals surface area (Å²) in [6, 6.07) is 8.34. The molecule has 1 heterocycles. The zero-order valence-electron chi connectivity index (χ0n) is 11.7. The number of benzene rings is 1. The number of thiazole rings is 1. The number of hydrogen-bond acceptors (Lipinski definition) is 3. The lowest BCUT2D eigenvalue weighted by Crippen LogP contribution is -1.96. The maximum atomic E-state index is 5.79. The third-order valence-electron chi connectivity index (χ3n) is 3.22. The molecule has 1 aromatic carbocycles. The molecule has 0 atom stereocenters. The largest absolute Gasteiger partial charge is 0.490 e. The summed E-state index contributed by atoms with van der Waals surface area (Å²) < 4.78 is 6.75. The Morgan fingerprint density at radius 3 is 2.60 bits per heavy atom.